The van der Waals surface area contributed by atoms with E-state index in [1.54, 1.807) is 0 Å². The first-order chi connectivity index (χ1) is 5.33. The van der Waals surface area contributed by atoms with Crippen molar-refractivity contribution in [2.24, 2.45) is 5.41 Å². The quantitative estimate of drug-likeness (QED) is 0.519. The van der Waals surface area contributed by atoms with Crippen molar-refractivity contribution < 1.29 is 0 Å². The van der Waals surface area contributed by atoms with E-state index in [1.165, 1.54) is 42.5 Å². The molecular formula is C9H17BrS. The van der Waals surface area contributed by atoms with Crippen LogP contribution in [0, 0.1) is 5.41 Å². The predicted molar refractivity (Wildman–Crippen MR) is 57.7 cm³/mol. The number of thioether (sulfide) groups is 1. The third-order valence-electron chi connectivity index (χ3n) is 2.45. The van der Waals surface area contributed by atoms with Crippen LogP contribution in [-0.2, 0) is 0 Å². The topological polar surface area (TPSA) is 0 Å². The van der Waals surface area contributed by atoms with E-state index in [0.717, 1.165) is 0 Å². The van der Waals surface area contributed by atoms with Crippen molar-refractivity contribution in [1.29, 1.82) is 0 Å². The van der Waals surface area contributed by atoms with Gasteiger partial charge in [-0.3, -0.25) is 0 Å². The normalized spacial score (nSPS) is 21.3. The van der Waals surface area contributed by atoms with Crippen LogP contribution in [0.3, 0.4) is 0 Å². The molecule has 0 spiro atoms. The van der Waals surface area contributed by atoms with Gasteiger partial charge in [-0.25, -0.2) is 0 Å². The zero-order chi connectivity index (χ0) is 8.16. The molecule has 0 heterocycles. The highest BCUT2D eigenvalue weighted by Crippen LogP contribution is 2.44. The highest BCUT2D eigenvalue weighted by atomic mass is 79.9. The van der Waals surface area contributed by atoms with E-state index in [4.69, 9.17) is 0 Å². The van der Waals surface area contributed by atoms with Gasteiger partial charge in [0.25, 0.3) is 0 Å². The Labute approximate surface area is 82.6 Å². The number of rotatable bonds is 5. The van der Waals surface area contributed by atoms with Crippen molar-refractivity contribution in [1.82, 2.24) is 0 Å². The second-order valence-electron chi connectivity index (χ2n) is 3.54. The molecule has 1 aliphatic carbocycles. The fourth-order valence-electron chi connectivity index (χ4n) is 1.43. The lowest BCUT2D eigenvalue weighted by atomic mass is 9.72. The SMILES string of the molecule is CCCSCC1(CBr)CCC1. The second-order valence-corrected chi connectivity index (χ2v) is 5.21. The molecule has 2 heteroatoms. The van der Waals surface area contributed by atoms with Crippen molar-refractivity contribution >= 4 is 27.7 Å². The van der Waals surface area contributed by atoms with Crippen LogP contribution in [0.5, 0.6) is 0 Å². The Morgan fingerprint density at radius 1 is 1.45 bits per heavy atom. The first-order valence-corrected chi connectivity index (χ1v) is 6.74. The molecule has 0 aliphatic heterocycles. The lowest BCUT2D eigenvalue weighted by Gasteiger charge is -2.40. The zero-order valence-corrected chi connectivity index (χ0v) is 9.64. The van der Waals surface area contributed by atoms with E-state index in [9.17, 15) is 0 Å². The van der Waals surface area contributed by atoms with Crippen LogP contribution in [0.4, 0.5) is 0 Å². The van der Waals surface area contributed by atoms with E-state index in [0.29, 0.717) is 5.41 Å². The molecule has 0 aromatic carbocycles. The van der Waals surface area contributed by atoms with Gasteiger partial charge in [-0.05, 0) is 36.2 Å². The molecule has 0 atom stereocenters. The molecule has 0 radical (unpaired) electrons. The van der Waals surface area contributed by atoms with E-state index in [2.05, 4.69) is 34.6 Å². The van der Waals surface area contributed by atoms with E-state index >= 15 is 0 Å². The Morgan fingerprint density at radius 2 is 2.18 bits per heavy atom. The minimum absolute atomic E-state index is 0.694. The summed E-state index contributed by atoms with van der Waals surface area (Å²) in [6.45, 7) is 2.26. The summed E-state index contributed by atoms with van der Waals surface area (Å²) in [5.74, 6) is 2.72. The summed E-state index contributed by atoms with van der Waals surface area (Å²) in [4.78, 5) is 0. The van der Waals surface area contributed by atoms with Crippen LogP contribution in [0.15, 0.2) is 0 Å². The Hall–Kier alpha value is 0.830. The van der Waals surface area contributed by atoms with Gasteiger partial charge in [-0.1, -0.05) is 29.3 Å². The molecule has 0 aromatic rings. The van der Waals surface area contributed by atoms with Crippen LogP contribution < -0.4 is 0 Å². The van der Waals surface area contributed by atoms with Crippen molar-refractivity contribution in [3.05, 3.63) is 0 Å². The van der Waals surface area contributed by atoms with Crippen molar-refractivity contribution in [3.63, 3.8) is 0 Å². The molecule has 0 bridgehead atoms. The average molecular weight is 237 g/mol. The summed E-state index contributed by atoms with van der Waals surface area (Å²) in [7, 11) is 0. The fraction of sp³-hybridized carbons (Fsp3) is 1.00. The van der Waals surface area contributed by atoms with Crippen LogP contribution in [0.25, 0.3) is 0 Å². The van der Waals surface area contributed by atoms with Crippen LogP contribution >= 0.6 is 27.7 Å². The maximum absolute atomic E-state index is 3.62. The largest absolute Gasteiger partial charge is 0.161 e. The summed E-state index contributed by atoms with van der Waals surface area (Å²) in [6.07, 6.45) is 5.69. The summed E-state index contributed by atoms with van der Waals surface area (Å²) >= 11 is 5.75. The van der Waals surface area contributed by atoms with Crippen LogP contribution in [0.2, 0.25) is 0 Å². The van der Waals surface area contributed by atoms with E-state index < -0.39 is 0 Å². The van der Waals surface area contributed by atoms with Crippen molar-refractivity contribution in [2.45, 2.75) is 32.6 Å². The van der Waals surface area contributed by atoms with E-state index in [1.807, 2.05) is 0 Å². The third kappa shape index (κ3) is 2.66. The fourth-order valence-corrected chi connectivity index (χ4v) is 3.70. The number of alkyl halides is 1. The van der Waals surface area contributed by atoms with Gasteiger partial charge in [0.05, 0.1) is 0 Å². The van der Waals surface area contributed by atoms with Gasteiger partial charge in [0.2, 0.25) is 0 Å². The lowest BCUT2D eigenvalue weighted by Crippen LogP contribution is -2.33. The van der Waals surface area contributed by atoms with Gasteiger partial charge >= 0.3 is 0 Å². The molecule has 0 aromatic heterocycles. The van der Waals surface area contributed by atoms with Gasteiger partial charge in [-0.2, -0.15) is 11.8 Å². The molecule has 1 aliphatic rings. The highest BCUT2D eigenvalue weighted by Gasteiger charge is 2.35. The average Bonchev–Trinajstić information content (AvgIpc) is 1.95. The summed E-state index contributed by atoms with van der Waals surface area (Å²) < 4.78 is 0. The number of halogens is 1. The maximum Gasteiger partial charge on any atom is 0.00958 e. The Kier molecular flexibility index (Phi) is 4.29. The third-order valence-corrected chi connectivity index (χ3v) is 5.16. The van der Waals surface area contributed by atoms with Gasteiger partial charge in [0, 0.05) is 5.33 Å². The number of hydrogen-bond donors (Lipinski definition) is 0. The van der Waals surface area contributed by atoms with Gasteiger partial charge in [-0.15, -0.1) is 0 Å². The van der Waals surface area contributed by atoms with Crippen molar-refractivity contribution in [2.75, 3.05) is 16.8 Å². The maximum atomic E-state index is 3.62. The molecule has 1 saturated carbocycles. The number of hydrogen-bond acceptors (Lipinski definition) is 1. The van der Waals surface area contributed by atoms with Crippen LogP contribution in [0.1, 0.15) is 32.6 Å². The van der Waals surface area contributed by atoms with Crippen LogP contribution in [-0.4, -0.2) is 16.8 Å². The molecule has 66 valence electrons. The smallest absolute Gasteiger partial charge is 0.00958 e. The molecule has 0 amide bonds. The zero-order valence-electron chi connectivity index (χ0n) is 7.24. The minimum Gasteiger partial charge on any atom is -0.161 e. The van der Waals surface area contributed by atoms with Gasteiger partial charge in [0.15, 0.2) is 0 Å². The Morgan fingerprint density at radius 3 is 2.55 bits per heavy atom. The van der Waals surface area contributed by atoms with Crippen molar-refractivity contribution in [3.8, 4) is 0 Å². The minimum atomic E-state index is 0.694. The summed E-state index contributed by atoms with van der Waals surface area (Å²) in [5.41, 5.74) is 0.694. The lowest BCUT2D eigenvalue weighted by molar-refractivity contribution is 0.206. The summed E-state index contributed by atoms with van der Waals surface area (Å²) in [5, 5.41) is 1.22. The monoisotopic (exact) mass is 236 g/mol. The molecule has 1 rings (SSSR count). The highest BCUT2D eigenvalue weighted by molar-refractivity contribution is 9.09. The second kappa shape index (κ2) is 4.76. The first kappa shape index (κ1) is 9.91. The molecule has 11 heavy (non-hydrogen) atoms. The van der Waals surface area contributed by atoms with E-state index in [-0.39, 0.29) is 0 Å². The molecule has 0 unspecified atom stereocenters. The molecule has 0 N–H and O–H groups in total. The standard InChI is InChI=1S/C9H17BrS/c1-2-6-11-8-9(7-10)4-3-5-9/h2-8H2,1H3. The first-order valence-electron chi connectivity index (χ1n) is 4.47. The Bertz CT molecular complexity index is 105. The molecular weight excluding hydrogens is 220 g/mol. The summed E-state index contributed by atoms with van der Waals surface area (Å²) in [6, 6.07) is 0. The van der Waals surface area contributed by atoms with Gasteiger partial charge in [0.1, 0.15) is 0 Å². The molecule has 0 saturated heterocycles. The molecule has 0 nitrogen and oxygen atoms in total. The van der Waals surface area contributed by atoms with Gasteiger partial charge < -0.3 is 0 Å². The molecule has 1 fully saturated rings. The Balaban J connectivity index is 2.11. The predicted octanol–water partition coefficient (Wildman–Crippen LogP) is 3.69.